The van der Waals surface area contributed by atoms with Crippen molar-refractivity contribution >= 4 is 17.4 Å². The van der Waals surface area contributed by atoms with E-state index in [0.717, 1.165) is 11.3 Å². The molecule has 0 saturated carbocycles. The van der Waals surface area contributed by atoms with E-state index in [0.29, 0.717) is 22.2 Å². The quantitative estimate of drug-likeness (QED) is 0.786. The zero-order valence-corrected chi connectivity index (χ0v) is 11.5. The highest BCUT2D eigenvalue weighted by Gasteiger charge is 2.15. The lowest BCUT2D eigenvalue weighted by molar-refractivity contribution is 0.805. The fraction of sp³-hybridized carbons (Fsp3) is 0.0714. The summed E-state index contributed by atoms with van der Waals surface area (Å²) in [5.41, 5.74) is 9.21. The van der Waals surface area contributed by atoms with E-state index in [9.17, 15) is 0 Å². The molecule has 0 saturated heterocycles. The number of anilines is 1. The number of nitrogens with zero attached hydrogens (tertiary/aromatic N) is 4. The van der Waals surface area contributed by atoms with Gasteiger partial charge in [0.05, 0.1) is 11.4 Å². The highest BCUT2D eigenvalue weighted by Crippen LogP contribution is 2.26. The summed E-state index contributed by atoms with van der Waals surface area (Å²) in [6.07, 6.45) is 1.69. The molecule has 0 fully saturated rings. The normalized spacial score (nSPS) is 10.7. The number of aryl methyl sites for hydroxylation is 1. The molecule has 2 aromatic heterocycles. The van der Waals surface area contributed by atoms with Crippen molar-refractivity contribution in [2.45, 2.75) is 6.92 Å². The second-order valence-corrected chi connectivity index (χ2v) is 4.82. The fourth-order valence-electron chi connectivity index (χ4n) is 1.96. The molecule has 6 heteroatoms. The molecule has 100 valence electrons. The molecule has 2 N–H and O–H groups in total. The van der Waals surface area contributed by atoms with Crippen molar-refractivity contribution in [3.8, 4) is 17.1 Å². The van der Waals surface area contributed by atoms with E-state index in [2.05, 4.69) is 15.3 Å². The average Bonchev–Trinajstić information content (AvgIpc) is 2.84. The standard InChI is InChI=1S/C14H12ClN5/c1-9-5-6-10(15)8-12(9)20-14(16)13(18-19-20)11-4-2-3-7-17-11/h2-8H,16H2,1H3. The van der Waals surface area contributed by atoms with E-state index < -0.39 is 0 Å². The molecule has 0 amide bonds. The van der Waals surface area contributed by atoms with Gasteiger partial charge < -0.3 is 5.73 Å². The van der Waals surface area contributed by atoms with Gasteiger partial charge in [-0.2, -0.15) is 4.68 Å². The van der Waals surface area contributed by atoms with Gasteiger partial charge in [-0.1, -0.05) is 28.9 Å². The molecule has 0 aliphatic rings. The van der Waals surface area contributed by atoms with Gasteiger partial charge in [0, 0.05) is 11.2 Å². The number of benzene rings is 1. The van der Waals surface area contributed by atoms with Crippen LogP contribution in [0.2, 0.25) is 5.02 Å². The zero-order chi connectivity index (χ0) is 14.1. The van der Waals surface area contributed by atoms with Gasteiger partial charge in [0.2, 0.25) is 0 Å². The third-order valence-electron chi connectivity index (χ3n) is 3.01. The number of nitrogens with two attached hydrogens (primary N) is 1. The second-order valence-electron chi connectivity index (χ2n) is 4.38. The molecule has 20 heavy (non-hydrogen) atoms. The minimum atomic E-state index is 0.439. The number of hydrogen-bond acceptors (Lipinski definition) is 4. The van der Waals surface area contributed by atoms with Crippen LogP contribution in [0.4, 0.5) is 5.82 Å². The highest BCUT2D eigenvalue weighted by atomic mass is 35.5. The first-order valence-corrected chi connectivity index (χ1v) is 6.43. The summed E-state index contributed by atoms with van der Waals surface area (Å²) in [4.78, 5) is 4.23. The molecule has 1 aromatic carbocycles. The summed E-state index contributed by atoms with van der Waals surface area (Å²) in [5.74, 6) is 0.439. The first-order chi connectivity index (χ1) is 9.66. The van der Waals surface area contributed by atoms with Gasteiger partial charge in [-0.3, -0.25) is 4.98 Å². The van der Waals surface area contributed by atoms with Gasteiger partial charge in [0.25, 0.3) is 0 Å². The molecule has 2 heterocycles. The fourth-order valence-corrected chi connectivity index (χ4v) is 2.13. The largest absolute Gasteiger partial charge is 0.382 e. The first kappa shape index (κ1) is 12.6. The van der Waals surface area contributed by atoms with Gasteiger partial charge in [0.1, 0.15) is 0 Å². The van der Waals surface area contributed by atoms with Crippen LogP contribution in [0.15, 0.2) is 42.6 Å². The number of rotatable bonds is 2. The Bertz CT molecular complexity index is 752. The molecule has 3 aromatic rings. The Kier molecular flexibility index (Phi) is 3.12. The molecule has 5 nitrogen and oxygen atoms in total. The summed E-state index contributed by atoms with van der Waals surface area (Å²) in [5, 5.41) is 8.85. The van der Waals surface area contributed by atoms with Crippen LogP contribution in [0.1, 0.15) is 5.56 Å². The van der Waals surface area contributed by atoms with Crippen LogP contribution in [-0.4, -0.2) is 20.0 Å². The van der Waals surface area contributed by atoms with Crippen LogP contribution < -0.4 is 5.73 Å². The van der Waals surface area contributed by atoms with Crippen molar-refractivity contribution in [1.82, 2.24) is 20.0 Å². The highest BCUT2D eigenvalue weighted by molar-refractivity contribution is 6.30. The van der Waals surface area contributed by atoms with Crippen molar-refractivity contribution in [2.24, 2.45) is 0 Å². The van der Waals surface area contributed by atoms with Crippen molar-refractivity contribution < 1.29 is 0 Å². The van der Waals surface area contributed by atoms with E-state index in [1.807, 2.05) is 43.3 Å². The van der Waals surface area contributed by atoms with Gasteiger partial charge in [0.15, 0.2) is 11.5 Å². The summed E-state index contributed by atoms with van der Waals surface area (Å²) < 4.78 is 1.57. The third-order valence-corrected chi connectivity index (χ3v) is 3.25. The van der Waals surface area contributed by atoms with E-state index in [1.165, 1.54) is 0 Å². The number of halogens is 1. The Morgan fingerprint density at radius 3 is 2.80 bits per heavy atom. The maximum absolute atomic E-state index is 6.14. The van der Waals surface area contributed by atoms with Crippen LogP contribution in [0.5, 0.6) is 0 Å². The lowest BCUT2D eigenvalue weighted by Gasteiger charge is -2.07. The molecule has 0 aliphatic heterocycles. The Morgan fingerprint density at radius 1 is 1.20 bits per heavy atom. The van der Waals surface area contributed by atoms with Crippen LogP contribution in [0.3, 0.4) is 0 Å². The lowest BCUT2D eigenvalue weighted by Crippen LogP contribution is -2.04. The number of nitrogen functional groups attached to an aromatic ring is 1. The Balaban J connectivity index is 2.14. The monoisotopic (exact) mass is 285 g/mol. The molecular weight excluding hydrogens is 274 g/mol. The average molecular weight is 286 g/mol. The van der Waals surface area contributed by atoms with Gasteiger partial charge in [-0.05, 0) is 36.8 Å². The topological polar surface area (TPSA) is 69.6 Å². The predicted octanol–water partition coefficient (Wildman–Crippen LogP) is 2.87. The second kappa shape index (κ2) is 4.94. The van der Waals surface area contributed by atoms with Crippen LogP contribution >= 0.6 is 11.6 Å². The smallest absolute Gasteiger partial charge is 0.157 e. The Morgan fingerprint density at radius 2 is 2.05 bits per heavy atom. The van der Waals surface area contributed by atoms with Crippen molar-refractivity contribution in [3.05, 3.63) is 53.2 Å². The molecular formula is C14H12ClN5. The van der Waals surface area contributed by atoms with Crippen molar-refractivity contribution in [1.29, 1.82) is 0 Å². The number of hydrogen-bond donors (Lipinski definition) is 1. The molecule has 0 spiro atoms. The van der Waals surface area contributed by atoms with E-state index in [1.54, 1.807) is 10.9 Å². The summed E-state index contributed by atoms with van der Waals surface area (Å²) in [6.45, 7) is 1.97. The lowest BCUT2D eigenvalue weighted by atomic mass is 10.2. The van der Waals surface area contributed by atoms with Gasteiger partial charge >= 0.3 is 0 Å². The summed E-state index contributed by atoms with van der Waals surface area (Å²) in [7, 11) is 0. The van der Waals surface area contributed by atoms with Crippen molar-refractivity contribution in [3.63, 3.8) is 0 Å². The minimum absolute atomic E-state index is 0.439. The van der Waals surface area contributed by atoms with E-state index in [-0.39, 0.29) is 0 Å². The maximum Gasteiger partial charge on any atom is 0.157 e. The molecule has 0 bridgehead atoms. The van der Waals surface area contributed by atoms with Crippen molar-refractivity contribution in [2.75, 3.05) is 5.73 Å². The molecule has 0 aliphatic carbocycles. The van der Waals surface area contributed by atoms with Gasteiger partial charge in [-0.25, -0.2) is 0 Å². The maximum atomic E-state index is 6.14. The minimum Gasteiger partial charge on any atom is -0.382 e. The number of aromatic nitrogens is 4. The predicted molar refractivity (Wildman–Crippen MR) is 78.7 cm³/mol. The first-order valence-electron chi connectivity index (χ1n) is 6.06. The molecule has 3 rings (SSSR count). The van der Waals surface area contributed by atoms with Crippen LogP contribution in [-0.2, 0) is 0 Å². The SMILES string of the molecule is Cc1ccc(Cl)cc1-n1nnc(-c2ccccn2)c1N. The zero-order valence-electron chi connectivity index (χ0n) is 10.8. The Labute approximate surface area is 121 Å². The van der Waals surface area contributed by atoms with Crippen LogP contribution in [0, 0.1) is 6.92 Å². The third kappa shape index (κ3) is 2.12. The van der Waals surface area contributed by atoms with E-state index in [4.69, 9.17) is 17.3 Å². The molecule has 0 radical (unpaired) electrons. The van der Waals surface area contributed by atoms with Crippen LogP contribution in [0.25, 0.3) is 17.1 Å². The molecule has 0 unspecified atom stereocenters. The number of pyridine rings is 1. The molecule has 0 atom stereocenters. The van der Waals surface area contributed by atoms with E-state index >= 15 is 0 Å². The Hall–Kier alpha value is -2.40. The van der Waals surface area contributed by atoms with Gasteiger partial charge in [-0.15, -0.1) is 5.10 Å². The summed E-state index contributed by atoms with van der Waals surface area (Å²) in [6, 6.07) is 11.1. The summed E-state index contributed by atoms with van der Waals surface area (Å²) >= 11 is 6.03.